The first-order valence-corrected chi connectivity index (χ1v) is 26.4. The van der Waals surface area contributed by atoms with Crippen molar-refractivity contribution in [2.24, 2.45) is 69.0 Å². The number of ether oxygens (including phenoxy) is 2. The summed E-state index contributed by atoms with van der Waals surface area (Å²) < 4.78 is 20.4. The summed E-state index contributed by atoms with van der Waals surface area (Å²) >= 11 is 0. The minimum Gasteiger partial charge on any atom is -0.413 e. The first-order valence-electron chi connectivity index (χ1n) is 23.5. The molecule has 11 heteroatoms. The second kappa shape index (κ2) is 16.0. The van der Waals surface area contributed by atoms with Crippen molar-refractivity contribution in [3.63, 3.8) is 0 Å². The zero-order valence-corrected chi connectivity index (χ0v) is 38.7. The van der Waals surface area contributed by atoms with Crippen molar-refractivity contribution in [1.82, 2.24) is 0 Å². The van der Waals surface area contributed by atoms with Crippen LogP contribution in [0.4, 0.5) is 0 Å². The zero-order chi connectivity index (χ0) is 42.5. The predicted octanol–water partition coefficient (Wildman–Crippen LogP) is 7.43. The Morgan fingerprint density at radius 1 is 0.500 bits per heavy atom. The number of hydrogen-bond donors (Lipinski definition) is 7. The van der Waals surface area contributed by atoms with Crippen LogP contribution in [0.15, 0.2) is 0 Å². The molecule has 9 aliphatic rings. The van der Waals surface area contributed by atoms with Gasteiger partial charge in [-0.15, -0.1) is 0 Å². The Kier molecular flexibility index (Phi) is 13.1. The summed E-state index contributed by atoms with van der Waals surface area (Å²) in [5, 5.41) is 75.0. The average Bonchev–Trinajstić information content (AvgIpc) is 3.75. The van der Waals surface area contributed by atoms with Crippen molar-refractivity contribution in [3.8, 4) is 0 Å². The molecular weight excluding hydrogens is 777 g/mol. The van der Waals surface area contributed by atoms with Gasteiger partial charge in [0.15, 0.2) is 14.1 Å². The fraction of sp³-hybridized carbons (Fsp3) is 1.00. The molecule has 0 aromatic heterocycles. The van der Waals surface area contributed by atoms with Gasteiger partial charge in [0.1, 0.15) is 0 Å². The van der Waals surface area contributed by atoms with Crippen molar-refractivity contribution in [2.45, 2.75) is 239 Å². The molecule has 8 unspecified atom stereocenters. The summed E-state index contributed by atoms with van der Waals surface area (Å²) in [5.41, 5.74) is -0.310. The van der Waals surface area contributed by atoms with E-state index in [4.69, 9.17) is 13.9 Å². The van der Waals surface area contributed by atoms with E-state index in [2.05, 4.69) is 61.6 Å². The van der Waals surface area contributed by atoms with Crippen LogP contribution in [-0.2, 0) is 13.9 Å². The van der Waals surface area contributed by atoms with E-state index in [1.165, 1.54) is 12.8 Å². The van der Waals surface area contributed by atoms with Crippen LogP contribution in [0.3, 0.4) is 0 Å². The van der Waals surface area contributed by atoms with E-state index in [-0.39, 0.29) is 83.5 Å². The zero-order valence-electron chi connectivity index (χ0n) is 37.7. The van der Waals surface area contributed by atoms with Crippen molar-refractivity contribution >= 4 is 8.32 Å². The first-order chi connectivity index (χ1) is 26.7. The quantitative estimate of drug-likeness (QED) is 0.139. The maximum Gasteiger partial charge on any atom is 0.192 e. The molecule has 1 aliphatic heterocycles. The Balaban J connectivity index is 0.000000205. The summed E-state index contributed by atoms with van der Waals surface area (Å²) in [6.07, 6.45) is 5.85. The fourth-order valence-corrected chi connectivity index (χ4v) is 17.7. The number of rotatable bonds is 2. The number of aliphatic hydroxyl groups excluding tert-OH is 7. The van der Waals surface area contributed by atoms with Crippen LogP contribution in [0.2, 0.25) is 18.1 Å². The summed E-state index contributed by atoms with van der Waals surface area (Å²) in [6.45, 7) is 25.0. The highest BCUT2D eigenvalue weighted by atomic mass is 28.4. The molecule has 9 fully saturated rings. The van der Waals surface area contributed by atoms with E-state index >= 15 is 0 Å². The van der Waals surface area contributed by atoms with Gasteiger partial charge in [-0.25, -0.2) is 0 Å². The van der Waals surface area contributed by atoms with Crippen LogP contribution in [-0.4, -0.2) is 111 Å². The predicted molar refractivity (Wildman–Crippen MR) is 237 cm³/mol. The van der Waals surface area contributed by atoms with Crippen molar-refractivity contribution in [1.29, 1.82) is 0 Å². The standard InChI is InChI=1S/C28H50O5Si.C19H32O5.2CH4/c1-25(2,3)34(8,9)33-19-11-10-16-20-17(12-14-27(16,19)6)28(7)15-13-18(29)22(30)21(28)24-23(20)31-26(4,5)32-24;1-18-7-5-10-13(9(18)3-4-12(18)21)16(23)17(24)14-15(22)11(20)6-8-19(10,14)2;;/h16-24,29-30H,10-15H2,1-9H3;9-17,20-24H,3-8H2,1-2H3;2*1H4/t16?,17?,18-,19-,20?,21?,22+,23+,24+,27-,28+;9?,10?,11-,12-,13?,14?,15+,16+,17+,18-,19+;;/m00../s1. The highest BCUT2D eigenvalue weighted by Crippen LogP contribution is 2.70. The molecule has 0 radical (unpaired) electrons. The van der Waals surface area contributed by atoms with E-state index in [1.807, 2.05) is 13.8 Å². The molecule has 1 saturated heterocycles. The average molecular weight is 867 g/mol. The fourth-order valence-electron chi connectivity index (χ4n) is 16.2. The molecule has 1 heterocycles. The van der Waals surface area contributed by atoms with Crippen LogP contribution in [0.5, 0.6) is 0 Å². The lowest BCUT2D eigenvalue weighted by atomic mass is 9.43. The Hall–Kier alpha value is -0.183. The van der Waals surface area contributed by atoms with Crippen LogP contribution >= 0.6 is 0 Å². The van der Waals surface area contributed by atoms with Gasteiger partial charge >= 0.3 is 0 Å². The highest BCUT2D eigenvalue weighted by Gasteiger charge is 2.71. The van der Waals surface area contributed by atoms with Gasteiger partial charge < -0.3 is 49.6 Å². The van der Waals surface area contributed by atoms with E-state index in [0.29, 0.717) is 36.7 Å². The minimum atomic E-state index is -1.86. The summed E-state index contributed by atoms with van der Waals surface area (Å²) in [6, 6.07) is 0. The lowest BCUT2D eigenvalue weighted by molar-refractivity contribution is -0.252. The first kappa shape index (κ1) is 49.3. The van der Waals surface area contributed by atoms with Crippen molar-refractivity contribution in [2.75, 3.05) is 0 Å². The smallest absolute Gasteiger partial charge is 0.192 e. The Morgan fingerprint density at radius 3 is 1.53 bits per heavy atom. The molecular formula is C49H90O10Si. The Labute approximate surface area is 365 Å². The van der Waals surface area contributed by atoms with E-state index in [9.17, 15) is 35.7 Å². The van der Waals surface area contributed by atoms with Gasteiger partial charge in [0.25, 0.3) is 0 Å². The molecule has 9 rings (SSSR count). The van der Waals surface area contributed by atoms with Gasteiger partial charge in [-0.05, 0) is 166 Å². The maximum atomic E-state index is 11.2. The number of aliphatic hydroxyl groups is 7. The molecule has 10 nitrogen and oxygen atoms in total. The minimum absolute atomic E-state index is 0. The molecule has 8 saturated carbocycles. The lowest BCUT2D eigenvalue weighted by Gasteiger charge is -2.64. The van der Waals surface area contributed by atoms with E-state index in [0.717, 1.165) is 51.4 Å². The van der Waals surface area contributed by atoms with Crippen LogP contribution in [0.25, 0.3) is 0 Å². The molecule has 0 aromatic carbocycles. The maximum absolute atomic E-state index is 11.2. The largest absolute Gasteiger partial charge is 0.413 e. The van der Waals surface area contributed by atoms with Gasteiger partial charge in [0.05, 0.1) is 61.0 Å². The highest BCUT2D eigenvalue weighted by molar-refractivity contribution is 6.74. The van der Waals surface area contributed by atoms with E-state index < -0.39 is 56.6 Å². The normalized spacial score (nSPS) is 55.1. The van der Waals surface area contributed by atoms with Gasteiger partial charge in [-0.2, -0.15) is 0 Å². The van der Waals surface area contributed by atoms with Gasteiger partial charge in [-0.3, -0.25) is 0 Å². The second-order valence-electron chi connectivity index (χ2n) is 24.5. The summed E-state index contributed by atoms with van der Waals surface area (Å²) in [4.78, 5) is 0. The van der Waals surface area contributed by atoms with Crippen LogP contribution < -0.4 is 0 Å². The SMILES string of the molecule is C.C.CC1(C)O[C@@H]2C3C(CC[C@@]4(C)C3CC[C@@H]4O[Si](C)(C)C(C)(C)C)[C@@]3(C)CC[C@H](O)[C@@H](O)C3[C@H]2O1.C[C@]12CC[C@H](O)[C@@H](O)C1[C@@H](O)[C@H](O)C1C2CC[C@@]2(C)C1CC[C@@H]2O. The molecule has 22 atom stereocenters. The van der Waals surface area contributed by atoms with Gasteiger partial charge in [-0.1, -0.05) is 63.3 Å². The molecule has 350 valence electrons. The summed E-state index contributed by atoms with van der Waals surface area (Å²) in [5.74, 6) is 0.667. The molecule has 60 heavy (non-hydrogen) atoms. The molecule has 0 amide bonds. The molecule has 0 bridgehead atoms. The van der Waals surface area contributed by atoms with E-state index in [1.54, 1.807) is 0 Å². The molecule has 0 spiro atoms. The van der Waals surface area contributed by atoms with Crippen molar-refractivity contribution in [3.05, 3.63) is 0 Å². The third-order valence-electron chi connectivity index (χ3n) is 20.5. The second-order valence-corrected chi connectivity index (χ2v) is 29.3. The molecule has 8 aliphatic carbocycles. The van der Waals surface area contributed by atoms with Crippen LogP contribution in [0, 0.1) is 69.0 Å². The molecule has 0 aromatic rings. The topological polar surface area (TPSA) is 169 Å². The lowest BCUT2D eigenvalue weighted by Crippen LogP contribution is -2.67. The third kappa shape index (κ3) is 7.13. The summed E-state index contributed by atoms with van der Waals surface area (Å²) in [7, 11) is -1.86. The van der Waals surface area contributed by atoms with Gasteiger partial charge in [0.2, 0.25) is 0 Å². The Bertz CT molecular complexity index is 1540. The number of fused-ring (bicyclic) bond motifs is 13. The third-order valence-corrected chi connectivity index (χ3v) is 25.0. The number of hydrogen-bond acceptors (Lipinski definition) is 10. The van der Waals surface area contributed by atoms with Crippen molar-refractivity contribution < 1.29 is 49.6 Å². The Morgan fingerprint density at radius 2 is 0.950 bits per heavy atom. The monoisotopic (exact) mass is 867 g/mol. The van der Waals surface area contributed by atoms with Gasteiger partial charge in [0, 0.05) is 11.8 Å². The molecule has 7 N–H and O–H groups in total. The van der Waals surface area contributed by atoms with Crippen LogP contribution in [0.1, 0.15) is 154 Å².